The van der Waals surface area contributed by atoms with Crippen LogP contribution in [-0.2, 0) is 16.1 Å². The molecule has 28 heavy (non-hydrogen) atoms. The van der Waals surface area contributed by atoms with Gasteiger partial charge in [-0.05, 0) is 37.1 Å². The molecule has 148 valence electrons. The molecule has 0 bridgehead atoms. The van der Waals surface area contributed by atoms with E-state index in [0.717, 1.165) is 11.3 Å². The molecule has 0 saturated heterocycles. The molecule has 1 aromatic heterocycles. The number of carbonyl (C=O) groups excluding carboxylic acids is 2. The number of benzene rings is 1. The van der Waals surface area contributed by atoms with Crippen LogP contribution in [0, 0.1) is 17.2 Å². The molecule has 0 aliphatic heterocycles. The maximum absolute atomic E-state index is 12.3. The summed E-state index contributed by atoms with van der Waals surface area (Å²) in [7, 11) is 0. The number of carbonyl (C=O) groups is 2. The predicted molar refractivity (Wildman–Crippen MR) is 105 cm³/mol. The zero-order valence-corrected chi connectivity index (χ0v) is 16.8. The molecule has 7 nitrogen and oxygen atoms in total. The number of nitrogen functional groups attached to an aromatic ring is 1. The van der Waals surface area contributed by atoms with Crippen LogP contribution >= 0.6 is 11.3 Å². The Morgan fingerprint density at radius 1 is 1.18 bits per heavy atom. The van der Waals surface area contributed by atoms with E-state index in [-0.39, 0.29) is 34.2 Å². The maximum atomic E-state index is 12.3. The highest BCUT2D eigenvalue weighted by atomic mass is 32.1. The Balaban J connectivity index is 2.10. The topological polar surface area (TPSA) is 112 Å². The molecule has 1 heterocycles. The fraction of sp³-hybridized carbons (Fsp3) is 0.350. The van der Waals surface area contributed by atoms with E-state index in [0.29, 0.717) is 23.8 Å². The highest BCUT2D eigenvalue weighted by Crippen LogP contribution is 2.32. The Morgan fingerprint density at radius 2 is 1.86 bits per heavy atom. The minimum absolute atomic E-state index is 0.123. The van der Waals surface area contributed by atoms with Crippen molar-refractivity contribution in [1.29, 1.82) is 5.26 Å². The van der Waals surface area contributed by atoms with Crippen molar-refractivity contribution in [2.24, 2.45) is 5.92 Å². The van der Waals surface area contributed by atoms with Gasteiger partial charge in [-0.25, -0.2) is 9.59 Å². The van der Waals surface area contributed by atoms with Gasteiger partial charge in [0.15, 0.2) is 0 Å². The van der Waals surface area contributed by atoms with Crippen LogP contribution in [0.4, 0.5) is 5.00 Å². The van der Waals surface area contributed by atoms with E-state index in [4.69, 9.17) is 19.9 Å². The summed E-state index contributed by atoms with van der Waals surface area (Å²) in [5.41, 5.74) is 6.52. The third kappa shape index (κ3) is 5.24. The Kier molecular flexibility index (Phi) is 7.41. The van der Waals surface area contributed by atoms with Gasteiger partial charge in [0.25, 0.3) is 0 Å². The Morgan fingerprint density at radius 3 is 2.43 bits per heavy atom. The molecule has 0 atom stereocenters. The van der Waals surface area contributed by atoms with Gasteiger partial charge in [0.1, 0.15) is 28.3 Å². The Hall–Kier alpha value is -3.05. The van der Waals surface area contributed by atoms with E-state index in [1.165, 1.54) is 0 Å². The van der Waals surface area contributed by atoms with Gasteiger partial charge in [0.2, 0.25) is 0 Å². The standard InChI is InChI=1S/C20H22N2O5S/c1-4-25-20(24)17-16(15(9-21)18(22)28-17)11-27-19(23)13-5-7-14(8-6-13)26-10-12(2)3/h5-8,12H,4,10-11,22H2,1-3H3. The molecule has 2 rings (SSSR count). The van der Waals surface area contributed by atoms with Gasteiger partial charge in [0.05, 0.1) is 24.3 Å². The molecule has 0 aliphatic carbocycles. The Labute approximate surface area is 167 Å². The molecular weight excluding hydrogens is 380 g/mol. The lowest BCUT2D eigenvalue weighted by Crippen LogP contribution is -2.10. The second-order valence-corrected chi connectivity index (χ2v) is 7.34. The second kappa shape index (κ2) is 9.76. The van der Waals surface area contributed by atoms with Crippen LogP contribution in [0.5, 0.6) is 5.75 Å². The van der Waals surface area contributed by atoms with E-state index in [1.54, 1.807) is 31.2 Å². The van der Waals surface area contributed by atoms with Gasteiger partial charge < -0.3 is 19.9 Å². The van der Waals surface area contributed by atoms with Crippen LogP contribution in [0.2, 0.25) is 0 Å². The summed E-state index contributed by atoms with van der Waals surface area (Å²) >= 11 is 0.944. The highest BCUT2D eigenvalue weighted by molar-refractivity contribution is 7.18. The van der Waals surface area contributed by atoms with E-state index >= 15 is 0 Å². The lowest BCUT2D eigenvalue weighted by molar-refractivity contribution is 0.0452. The Bertz CT molecular complexity index is 881. The van der Waals surface area contributed by atoms with Crippen LogP contribution in [0.15, 0.2) is 24.3 Å². The monoisotopic (exact) mass is 402 g/mol. The third-order valence-corrected chi connectivity index (χ3v) is 4.67. The summed E-state index contributed by atoms with van der Waals surface area (Å²) in [4.78, 5) is 24.6. The lowest BCUT2D eigenvalue weighted by Gasteiger charge is -2.09. The van der Waals surface area contributed by atoms with Crippen molar-refractivity contribution >= 4 is 28.3 Å². The summed E-state index contributed by atoms with van der Waals surface area (Å²) in [6, 6.07) is 8.51. The molecular formula is C20H22N2O5S. The normalized spacial score (nSPS) is 10.4. The molecule has 2 N–H and O–H groups in total. The number of nitriles is 1. The van der Waals surface area contributed by atoms with E-state index in [1.807, 2.05) is 19.9 Å². The number of esters is 2. The van der Waals surface area contributed by atoms with Crippen molar-refractivity contribution in [2.75, 3.05) is 18.9 Å². The molecule has 0 spiro atoms. The minimum Gasteiger partial charge on any atom is -0.493 e. The van der Waals surface area contributed by atoms with E-state index < -0.39 is 11.9 Å². The fourth-order valence-corrected chi connectivity index (χ4v) is 3.20. The van der Waals surface area contributed by atoms with Gasteiger partial charge in [-0.15, -0.1) is 11.3 Å². The molecule has 0 radical (unpaired) electrons. The van der Waals surface area contributed by atoms with E-state index in [2.05, 4.69) is 0 Å². The van der Waals surface area contributed by atoms with Crippen molar-refractivity contribution in [3.63, 3.8) is 0 Å². The second-order valence-electron chi connectivity index (χ2n) is 6.29. The average Bonchev–Trinajstić information content (AvgIpc) is 3.00. The van der Waals surface area contributed by atoms with Crippen LogP contribution in [0.1, 0.15) is 51.9 Å². The van der Waals surface area contributed by atoms with Crippen molar-refractivity contribution < 1.29 is 23.8 Å². The van der Waals surface area contributed by atoms with Crippen molar-refractivity contribution in [3.8, 4) is 11.8 Å². The largest absolute Gasteiger partial charge is 0.493 e. The van der Waals surface area contributed by atoms with Crippen molar-refractivity contribution in [2.45, 2.75) is 27.4 Å². The number of nitrogens with zero attached hydrogens (tertiary/aromatic N) is 1. The van der Waals surface area contributed by atoms with Crippen LogP contribution < -0.4 is 10.5 Å². The van der Waals surface area contributed by atoms with E-state index in [9.17, 15) is 14.9 Å². The summed E-state index contributed by atoms with van der Waals surface area (Å²) in [6.07, 6.45) is 0. The lowest BCUT2D eigenvalue weighted by atomic mass is 10.1. The number of rotatable bonds is 8. The van der Waals surface area contributed by atoms with Gasteiger partial charge >= 0.3 is 11.9 Å². The number of thiophene rings is 1. The maximum Gasteiger partial charge on any atom is 0.348 e. The van der Waals surface area contributed by atoms with Crippen LogP contribution in [-0.4, -0.2) is 25.2 Å². The van der Waals surface area contributed by atoms with Crippen molar-refractivity contribution in [1.82, 2.24) is 0 Å². The summed E-state index contributed by atoms with van der Waals surface area (Å²) in [5.74, 6) is -0.130. The molecule has 1 aromatic carbocycles. The molecule has 0 unspecified atom stereocenters. The molecule has 0 fully saturated rings. The quantitative estimate of drug-likeness (QED) is 0.669. The number of nitrogens with two attached hydrogens (primary N) is 1. The van der Waals surface area contributed by atoms with Crippen LogP contribution in [0.3, 0.4) is 0 Å². The summed E-state index contributed by atoms with van der Waals surface area (Å²) in [6.45, 7) is 6.27. The number of anilines is 1. The number of hydrogen-bond acceptors (Lipinski definition) is 8. The summed E-state index contributed by atoms with van der Waals surface area (Å²) < 4.78 is 15.8. The fourth-order valence-electron chi connectivity index (χ4n) is 2.28. The zero-order valence-electron chi connectivity index (χ0n) is 16.0. The van der Waals surface area contributed by atoms with Crippen LogP contribution in [0.25, 0.3) is 0 Å². The molecule has 0 amide bonds. The third-order valence-electron chi connectivity index (χ3n) is 3.63. The minimum atomic E-state index is -0.599. The molecule has 0 aliphatic rings. The number of ether oxygens (including phenoxy) is 3. The first-order valence-electron chi connectivity index (χ1n) is 8.75. The molecule has 0 saturated carbocycles. The first-order chi connectivity index (χ1) is 13.4. The predicted octanol–water partition coefficient (Wildman–Crippen LogP) is 3.77. The molecule has 8 heteroatoms. The molecule has 2 aromatic rings. The highest BCUT2D eigenvalue weighted by Gasteiger charge is 2.24. The first-order valence-corrected chi connectivity index (χ1v) is 9.57. The summed E-state index contributed by atoms with van der Waals surface area (Å²) in [5, 5.41) is 9.48. The van der Waals surface area contributed by atoms with Gasteiger partial charge in [-0.2, -0.15) is 5.26 Å². The van der Waals surface area contributed by atoms with Crippen molar-refractivity contribution in [3.05, 3.63) is 45.8 Å². The van der Waals surface area contributed by atoms with Gasteiger partial charge in [-0.3, -0.25) is 0 Å². The number of hydrogen-bond donors (Lipinski definition) is 1. The zero-order chi connectivity index (χ0) is 20.7. The van der Waals surface area contributed by atoms with Gasteiger partial charge in [-0.1, -0.05) is 13.8 Å². The smallest absolute Gasteiger partial charge is 0.348 e. The van der Waals surface area contributed by atoms with Gasteiger partial charge in [0, 0.05) is 5.56 Å². The first kappa shape index (κ1) is 21.3. The SMILES string of the molecule is CCOC(=O)c1sc(N)c(C#N)c1COC(=O)c1ccc(OCC(C)C)cc1. The average molecular weight is 402 g/mol.